The lowest BCUT2D eigenvalue weighted by Gasteiger charge is -2.30. The van der Waals surface area contributed by atoms with Crippen LogP contribution in [-0.4, -0.2) is 20.9 Å². The fraction of sp³-hybridized carbons (Fsp3) is 0.208. The van der Waals surface area contributed by atoms with Crippen molar-refractivity contribution in [3.05, 3.63) is 95.6 Å². The maximum absolute atomic E-state index is 13.1. The molecule has 6 heteroatoms. The van der Waals surface area contributed by atoms with Crippen LogP contribution in [0.1, 0.15) is 40.9 Å². The Balaban J connectivity index is 1.58. The predicted octanol–water partition coefficient (Wildman–Crippen LogP) is 4.32. The van der Waals surface area contributed by atoms with Crippen LogP contribution in [0, 0.1) is 0 Å². The summed E-state index contributed by atoms with van der Waals surface area (Å²) in [6, 6.07) is 23.4. The number of fused-ring (bicyclic) bond motifs is 1. The number of aryl methyl sites for hydroxylation is 1. The SMILES string of the molecule is CC(NC(=O)c1ccc2c(c1)CCCN2S(=O)(=O)c1ccccc1)c1ccccc1. The first kappa shape index (κ1) is 20.2. The van der Waals surface area contributed by atoms with E-state index < -0.39 is 10.0 Å². The van der Waals surface area contributed by atoms with Gasteiger partial charge in [-0.25, -0.2) is 8.42 Å². The third kappa shape index (κ3) is 3.96. The lowest BCUT2D eigenvalue weighted by molar-refractivity contribution is 0.0940. The summed E-state index contributed by atoms with van der Waals surface area (Å²) in [4.78, 5) is 13.0. The average molecular weight is 421 g/mol. The Kier molecular flexibility index (Phi) is 5.59. The average Bonchev–Trinajstić information content (AvgIpc) is 2.79. The van der Waals surface area contributed by atoms with Crippen molar-refractivity contribution in [1.29, 1.82) is 0 Å². The molecule has 1 aliphatic rings. The quantitative estimate of drug-likeness (QED) is 0.669. The summed E-state index contributed by atoms with van der Waals surface area (Å²) in [6.07, 6.45) is 1.45. The summed E-state index contributed by atoms with van der Waals surface area (Å²) >= 11 is 0. The van der Waals surface area contributed by atoms with E-state index in [4.69, 9.17) is 0 Å². The number of nitrogens with one attached hydrogen (secondary N) is 1. The molecule has 1 amide bonds. The van der Waals surface area contributed by atoms with Crippen LogP contribution < -0.4 is 9.62 Å². The van der Waals surface area contributed by atoms with Crippen LogP contribution in [0.5, 0.6) is 0 Å². The molecule has 0 aliphatic carbocycles. The molecule has 0 aromatic heterocycles. The Morgan fingerprint density at radius 1 is 0.967 bits per heavy atom. The monoisotopic (exact) mass is 420 g/mol. The van der Waals surface area contributed by atoms with E-state index in [-0.39, 0.29) is 16.8 Å². The molecule has 1 N–H and O–H groups in total. The molecule has 1 aliphatic heterocycles. The minimum Gasteiger partial charge on any atom is -0.346 e. The molecular formula is C24H24N2O3S. The number of nitrogens with zero attached hydrogens (tertiary/aromatic N) is 1. The number of sulfonamides is 1. The van der Waals surface area contributed by atoms with E-state index in [1.807, 2.05) is 43.3 Å². The summed E-state index contributed by atoms with van der Waals surface area (Å²) in [5.41, 5.74) is 3.10. The number of carbonyl (C=O) groups excluding carboxylic acids is 1. The number of hydrogen-bond donors (Lipinski definition) is 1. The first-order chi connectivity index (χ1) is 14.5. The molecule has 0 bridgehead atoms. The molecule has 1 heterocycles. The Hall–Kier alpha value is -3.12. The van der Waals surface area contributed by atoms with E-state index in [2.05, 4.69) is 5.32 Å². The second kappa shape index (κ2) is 8.32. The van der Waals surface area contributed by atoms with Crippen LogP contribution in [0.15, 0.2) is 83.8 Å². The zero-order valence-corrected chi connectivity index (χ0v) is 17.6. The highest BCUT2D eigenvalue weighted by molar-refractivity contribution is 7.92. The van der Waals surface area contributed by atoms with E-state index >= 15 is 0 Å². The number of hydrogen-bond acceptors (Lipinski definition) is 3. The van der Waals surface area contributed by atoms with Gasteiger partial charge in [-0.1, -0.05) is 48.5 Å². The Labute approximate surface area is 177 Å². The fourth-order valence-electron chi connectivity index (χ4n) is 3.78. The standard InChI is InChI=1S/C24H24N2O3S/c1-18(19-9-4-2-5-10-19)25-24(27)21-14-15-23-20(17-21)11-8-16-26(23)30(28,29)22-12-6-3-7-13-22/h2-7,9-10,12-15,17-18H,8,11,16H2,1H3,(H,25,27). The van der Waals surface area contributed by atoms with Gasteiger partial charge >= 0.3 is 0 Å². The van der Waals surface area contributed by atoms with Crippen LogP contribution in [-0.2, 0) is 16.4 Å². The zero-order valence-electron chi connectivity index (χ0n) is 16.8. The number of carbonyl (C=O) groups is 1. The normalized spacial score (nSPS) is 14.6. The minimum absolute atomic E-state index is 0.121. The molecular weight excluding hydrogens is 396 g/mol. The summed E-state index contributed by atoms with van der Waals surface area (Å²) in [7, 11) is -3.63. The molecule has 3 aromatic rings. The van der Waals surface area contributed by atoms with Gasteiger partial charge in [-0.15, -0.1) is 0 Å². The molecule has 1 unspecified atom stereocenters. The molecule has 0 radical (unpaired) electrons. The van der Waals surface area contributed by atoms with Gasteiger partial charge in [0, 0.05) is 12.1 Å². The van der Waals surface area contributed by atoms with Crippen LogP contribution in [0.3, 0.4) is 0 Å². The minimum atomic E-state index is -3.63. The number of rotatable bonds is 5. The van der Waals surface area contributed by atoms with Crippen molar-refractivity contribution in [3.63, 3.8) is 0 Å². The van der Waals surface area contributed by atoms with E-state index in [1.165, 1.54) is 4.31 Å². The summed E-state index contributed by atoms with van der Waals surface area (Å²) < 4.78 is 27.7. The number of anilines is 1. The predicted molar refractivity (Wildman–Crippen MR) is 118 cm³/mol. The Bertz CT molecular complexity index is 1150. The molecule has 0 spiro atoms. The first-order valence-corrected chi connectivity index (χ1v) is 11.5. The van der Waals surface area contributed by atoms with Gasteiger partial charge in [0.2, 0.25) is 0 Å². The van der Waals surface area contributed by atoms with Gasteiger partial charge in [-0.3, -0.25) is 9.10 Å². The Morgan fingerprint density at radius 3 is 2.33 bits per heavy atom. The van der Waals surface area contributed by atoms with Crippen LogP contribution in [0.25, 0.3) is 0 Å². The van der Waals surface area contributed by atoms with Gasteiger partial charge in [0.05, 0.1) is 16.6 Å². The summed E-state index contributed by atoms with van der Waals surface area (Å²) in [5.74, 6) is -0.169. The molecule has 30 heavy (non-hydrogen) atoms. The second-order valence-corrected chi connectivity index (χ2v) is 9.31. The molecule has 154 valence electrons. The van der Waals surface area contributed by atoms with Gasteiger partial charge in [-0.2, -0.15) is 0 Å². The third-order valence-electron chi connectivity index (χ3n) is 5.40. The van der Waals surface area contributed by atoms with Crippen molar-refractivity contribution >= 4 is 21.6 Å². The number of amides is 1. The molecule has 0 fully saturated rings. The molecule has 0 saturated heterocycles. The van der Waals surface area contributed by atoms with E-state index in [0.717, 1.165) is 17.5 Å². The van der Waals surface area contributed by atoms with Crippen molar-refractivity contribution < 1.29 is 13.2 Å². The highest BCUT2D eigenvalue weighted by Crippen LogP contribution is 2.32. The Morgan fingerprint density at radius 2 is 1.63 bits per heavy atom. The highest BCUT2D eigenvalue weighted by atomic mass is 32.2. The van der Waals surface area contributed by atoms with Gasteiger partial charge in [0.15, 0.2) is 0 Å². The molecule has 1 atom stereocenters. The third-order valence-corrected chi connectivity index (χ3v) is 7.22. The highest BCUT2D eigenvalue weighted by Gasteiger charge is 2.29. The zero-order chi connectivity index (χ0) is 21.1. The van der Waals surface area contributed by atoms with Gasteiger partial charge in [0.25, 0.3) is 15.9 Å². The first-order valence-electron chi connectivity index (χ1n) is 10.0. The fourth-order valence-corrected chi connectivity index (χ4v) is 5.34. The van der Waals surface area contributed by atoms with E-state index in [0.29, 0.717) is 24.2 Å². The topological polar surface area (TPSA) is 66.5 Å². The van der Waals surface area contributed by atoms with Crippen molar-refractivity contribution in [3.8, 4) is 0 Å². The molecule has 5 nitrogen and oxygen atoms in total. The van der Waals surface area contributed by atoms with Crippen molar-refractivity contribution in [2.45, 2.75) is 30.7 Å². The van der Waals surface area contributed by atoms with E-state index in [1.54, 1.807) is 42.5 Å². The molecule has 0 saturated carbocycles. The van der Waals surface area contributed by atoms with Gasteiger partial charge in [-0.05, 0) is 61.2 Å². The van der Waals surface area contributed by atoms with Crippen molar-refractivity contribution in [2.24, 2.45) is 0 Å². The second-order valence-electron chi connectivity index (χ2n) is 7.44. The van der Waals surface area contributed by atoms with Crippen molar-refractivity contribution in [1.82, 2.24) is 5.32 Å². The summed E-state index contributed by atoms with van der Waals surface area (Å²) in [6.45, 7) is 2.38. The molecule has 4 rings (SSSR count). The van der Waals surface area contributed by atoms with Crippen LogP contribution in [0.4, 0.5) is 5.69 Å². The van der Waals surface area contributed by atoms with Crippen LogP contribution >= 0.6 is 0 Å². The smallest absolute Gasteiger partial charge is 0.264 e. The largest absolute Gasteiger partial charge is 0.346 e. The summed E-state index contributed by atoms with van der Waals surface area (Å²) in [5, 5.41) is 3.02. The van der Waals surface area contributed by atoms with Crippen molar-refractivity contribution in [2.75, 3.05) is 10.8 Å². The lowest BCUT2D eigenvalue weighted by atomic mass is 10.00. The maximum atomic E-state index is 13.1. The molecule has 3 aromatic carbocycles. The van der Waals surface area contributed by atoms with Crippen LogP contribution in [0.2, 0.25) is 0 Å². The van der Waals surface area contributed by atoms with Gasteiger partial charge in [0.1, 0.15) is 0 Å². The van der Waals surface area contributed by atoms with Gasteiger partial charge < -0.3 is 5.32 Å². The maximum Gasteiger partial charge on any atom is 0.264 e. The lowest BCUT2D eigenvalue weighted by Crippen LogP contribution is -2.35. The number of benzene rings is 3. The van der Waals surface area contributed by atoms with E-state index in [9.17, 15) is 13.2 Å².